The Bertz CT molecular complexity index is 496. The maximum Gasteiger partial charge on any atom is 0.367 e. The van der Waals surface area contributed by atoms with E-state index in [1.54, 1.807) is 6.92 Å². The maximum absolute atomic E-state index is 11.4. The smallest absolute Gasteiger partial charge is 0.367 e. The fraction of sp³-hybridized carbons (Fsp3) is 0.300. The second-order valence-corrected chi connectivity index (χ2v) is 5.72. The third-order valence-corrected chi connectivity index (χ3v) is 3.03. The molecule has 0 heterocycles. The van der Waals surface area contributed by atoms with Crippen LogP contribution in [0.2, 0.25) is 15.1 Å². The summed E-state index contributed by atoms with van der Waals surface area (Å²) in [5.74, 6) is -0.941. The highest BCUT2D eigenvalue weighted by molar-refractivity contribution is 6.57. The van der Waals surface area contributed by atoms with Gasteiger partial charge in [-0.2, -0.15) is 0 Å². The van der Waals surface area contributed by atoms with E-state index in [0.29, 0.717) is 5.02 Å². The number of benzene rings is 1. The summed E-state index contributed by atoms with van der Waals surface area (Å²) in [5.41, 5.74) is 0.0997. The van der Waals surface area contributed by atoms with Gasteiger partial charge in [-0.05, 0) is 19.1 Å². The summed E-state index contributed by atoms with van der Waals surface area (Å²) in [7, 11) is 0. The van der Waals surface area contributed by atoms with Gasteiger partial charge in [0.1, 0.15) is 5.69 Å². The predicted octanol–water partition coefficient (Wildman–Crippen LogP) is 5.43. The van der Waals surface area contributed by atoms with E-state index in [9.17, 15) is 4.79 Å². The molecular weight excluding hydrogens is 357 g/mol. The standard InChI is InChI=1S/C10H7Cl5N2O2/c1-2-19-9(18)10(14,15)17-16-8-6(12)3-5(11)4-7(8)13/h3-4H,2H2,1H3. The van der Waals surface area contributed by atoms with Gasteiger partial charge in [0, 0.05) is 5.02 Å². The minimum Gasteiger partial charge on any atom is -0.462 e. The molecule has 0 unspecified atom stereocenters. The Labute approximate surface area is 134 Å². The number of hydrogen-bond acceptors (Lipinski definition) is 4. The number of ether oxygens (including phenoxy) is 1. The van der Waals surface area contributed by atoms with Gasteiger partial charge in [0.05, 0.1) is 16.7 Å². The molecule has 0 saturated carbocycles. The number of nitrogens with zero attached hydrogens (tertiary/aromatic N) is 2. The van der Waals surface area contributed by atoms with E-state index in [0.717, 1.165) is 0 Å². The first kappa shape index (κ1) is 16.8. The molecule has 0 aliphatic heterocycles. The summed E-state index contributed by atoms with van der Waals surface area (Å²) >= 11 is 28.8. The van der Waals surface area contributed by atoms with Crippen molar-refractivity contribution in [3.05, 3.63) is 27.2 Å². The van der Waals surface area contributed by atoms with Crippen molar-refractivity contribution in [3.8, 4) is 0 Å². The van der Waals surface area contributed by atoms with E-state index >= 15 is 0 Å². The molecule has 9 heteroatoms. The molecule has 1 rings (SSSR count). The van der Waals surface area contributed by atoms with Crippen LogP contribution in [0.4, 0.5) is 5.69 Å². The predicted molar refractivity (Wildman–Crippen MR) is 77.1 cm³/mol. The van der Waals surface area contributed by atoms with E-state index in [-0.39, 0.29) is 22.3 Å². The van der Waals surface area contributed by atoms with Crippen LogP contribution in [0.3, 0.4) is 0 Å². The summed E-state index contributed by atoms with van der Waals surface area (Å²) < 4.78 is 2.47. The molecule has 0 fully saturated rings. The second-order valence-electron chi connectivity index (χ2n) is 3.18. The van der Waals surface area contributed by atoms with Gasteiger partial charge >= 0.3 is 10.4 Å². The minimum atomic E-state index is -2.16. The average Bonchev–Trinajstić information content (AvgIpc) is 2.27. The lowest BCUT2D eigenvalue weighted by Gasteiger charge is -2.11. The van der Waals surface area contributed by atoms with Crippen LogP contribution >= 0.6 is 58.0 Å². The van der Waals surface area contributed by atoms with E-state index in [1.165, 1.54) is 12.1 Å². The molecule has 0 aliphatic carbocycles. The summed E-state index contributed by atoms with van der Waals surface area (Å²) in [6.07, 6.45) is 0. The van der Waals surface area contributed by atoms with Gasteiger partial charge in [-0.1, -0.05) is 58.0 Å². The zero-order chi connectivity index (χ0) is 14.6. The lowest BCUT2D eigenvalue weighted by molar-refractivity contribution is -0.143. The van der Waals surface area contributed by atoms with Crippen molar-refractivity contribution in [1.82, 2.24) is 0 Å². The largest absolute Gasteiger partial charge is 0.462 e. The molecule has 0 amide bonds. The number of rotatable bonds is 4. The third kappa shape index (κ3) is 4.65. The van der Waals surface area contributed by atoms with Gasteiger partial charge in [0.25, 0.3) is 0 Å². The fourth-order valence-corrected chi connectivity index (χ4v) is 2.08. The van der Waals surface area contributed by atoms with Gasteiger partial charge in [0.2, 0.25) is 0 Å². The SMILES string of the molecule is CCOC(=O)C(Cl)(Cl)N=Nc1c(Cl)cc(Cl)cc1Cl. The molecule has 4 nitrogen and oxygen atoms in total. The Balaban J connectivity index is 3.02. The van der Waals surface area contributed by atoms with Crippen molar-refractivity contribution < 1.29 is 9.53 Å². The van der Waals surface area contributed by atoms with Gasteiger partial charge in [0.15, 0.2) is 0 Å². The van der Waals surface area contributed by atoms with E-state index in [1.807, 2.05) is 0 Å². The molecule has 0 atom stereocenters. The molecule has 0 aromatic heterocycles. The summed E-state index contributed by atoms with van der Waals surface area (Å²) in [4.78, 5) is 11.4. The Kier molecular flexibility index (Phi) is 6.15. The molecule has 0 N–H and O–H groups in total. The van der Waals surface area contributed by atoms with Crippen LogP contribution in [-0.4, -0.2) is 17.0 Å². The molecule has 0 radical (unpaired) electrons. The zero-order valence-corrected chi connectivity index (χ0v) is 13.2. The maximum atomic E-state index is 11.4. The monoisotopic (exact) mass is 362 g/mol. The summed E-state index contributed by atoms with van der Waals surface area (Å²) in [6.45, 7) is 1.71. The molecule has 0 spiro atoms. The molecule has 1 aromatic carbocycles. The molecule has 0 bridgehead atoms. The number of carbonyl (C=O) groups excluding carboxylic acids is 1. The Morgan fingerprint density at radius 2 is 1.79 bits per heavy atom. The van der Waals surface area contributed by atoms with Gasteiger partial charge in [-0.15, -0.1) is 10.2 Å². The topological polar surface area (TPSA) is 51.0 Å². The van der Waals surface area contributed by atoms with Crippen LogP contribution < -0.4 is 0 Å². The Hall–Kier alpha value is -0.260. The first-order valence-corrected chi connectivity index (χ1v) is 6.79. The number of carbonyl (C=O) groups is 1. The van der Waals surface area contributed by atoms with Gasteiger partial charge < -0.3 is 4.74 Å². The van der Waals surface area contributed by atoms with Crippen LogP contribution in [0.15, 0.2) is 22.4 Å². The average molecular weight is 364 g/mol. The van der Waals surface area contributed by atoms with Crippen molar-refractivity contribution in [2.75, 3.05) is 6.61 Å². The molecular formula is C10H7Cl5N2O2. The number of alkyl halides is 2. The molecule has 19 heavy (non-hydrogen) atoms. The van der Waals surface area contributed by atoms with Crippen molar-refractivity contribution in [2.45, 2.75) is 11.4 Å². The lowest BCUT2D eigenvalue weighted by atomic mass is 10.3. The zero-order valence-electron chi connectivity index (χ0n) is 9.46. The first-order chi connectivity index (χ1) is 8.77. The van der Waals surface area contributed by atoms with Crippen molar-refractivity contribution in [3.63, 3.8) is 0 Å². The highest BCUT2D eigenvalue weighted by Gasteiger charge is 2.36. The van der Waals surface area contributed by atoms with E-state index in [2.05, 4.69) is 15.0 Å². The normalized spacial score (nSPS) is 11.9. The molecule has 104 valence electrons. The highest BCUT2D eigenvalue weighted by atomic mass is 35.5. The number of esters is 1. The summed E-state index contributed by atoms with van der Waals surface area (Å²) in [6, 6.07) is 2.83. The van der Waals surface area contributed by atoms with Crippen LogP contribution in [0.5, 0.6) is 0 Å². The highest BCUT2D eigenvalue weighted by Crippen LogP contribution is 2.37. The Morgan fingerprint density at radius 1 is 1.26 bits per heavy atom. The quantitative estimate of drug-likeness (QED) is 0.310. The van der Waals surface area contributed by atoms with Crippen molar-refractivity contribution in [2.24, 2.45) is 10.2 Å². The van der Waals surface area contributed by atoms with E-state index < -0.39 is 10.4 Å². The third-order valence-electron chi connectivity index (χ3n) is 1.78. The van der Waals surface area contributed by atoms with Crippen LogP contribution in [0, 0.1) is 0 Å². The van der Waals surface area contributed by atoms with Gasteiger partial charge in [-0.3, -0.25) is 0 Å². The number of hydrogen-bond donors (Lipinski definition) is 0. The second kappa shape index (κ2) is 6.95. The lowest BCUT2D eigenvalue weighted by Crippen LogP contribution is -2.25. The van der Waals surface area contributed by atoms with Crippen molar-refractivity contribution in [1.29, 1.82) is 0 Å². The van der Waals surface area contributed by atoms with Crippen LogP contribution in [0.25, 0.3) is 0 Å². The fourth-order valence-electron chi connectivity index (χ4n) is 1.00. The number of halogens is 5. The van der Waals surface area contributed by atoms with E-state index in [4.69, 9.17) is 58.0 Å². The Morgan fingerprint density at radius 3 is 2.26 bits per heavy atom. The molecule has 0 saturated heterocycles. The summed E-state index contributed by atoms with van der Waals surface area (Å²) in [5, 5.41) is 7.76. The number of azo groups is 1. The molecule has 0 aliphatic rings. The minimum absolute atomic E-state index is 0.0997. The first-order valence-electron chi connectivity index (χ1n) is 4.90. The van der Waals surface area contributed by atoms with Gasteiger partial charge in [-0.25, -0.2) is 4.79 Å². The van der Waals surface area contributed by atoms with Crippen molar-refractivity contribution >= 4 is 69.7 Å². The van der Waals surface area contributed by atoms with Crippen LogP contribution in [-0.2, 0) is 9.53 Å². The van der Waals surface area contributed by atoms with Crippen LogP contribution in [0.1, 0.15) is 6.92 Å². The molecule has 1 aromatic rings.